The molecule has 1 atom stereocenters. The Kier molecular flexibility index (Phi) is 7.21. The maximum absolute atomic E-state index is 11.6. The van der Waals surface area contributed by atoms with Gasteiger partial charge in [-0.1, -0.05) is 20.3 Å². The first-order valence-electron chi connectivity index (χ1n) is 6.98. The molecule has 0 spiro atoms. The highest BCUT2D eigenvalue weighted by Crippen LogP contribution is 2.08. The number of amides is 1. The predicted octanol–water partition coefficient (Wildman–Crippen LogP) is 0.977. The van der Waals surface area contributed by atoms with Crippen LogP contribution in [-0.4, -0.2) is 49.6 Å². The van der Waals surface area contributed by atoms with E-state index in [-0.39, 0.29) is 5.91 Å². The largest absolute Gasteiger partial charge is 0.355 e. The number of nitrogens with zero attached hydrogens (tertiary/aromatic N) is 1. The molecule has 2 N–H and O–H groups in total. The number of hydrogen-bond acceptors (Lipinski definition) is 3. The van der Waals surface area contributed by atoms with Gasteiger partial charge >= 0.3 is 0 Å². The maximum Gasteiger partial charge on any atom is 0.234 e. The highest BCUT2D eigenvalue weighted by Gasteiger charge is 2.17. The second-order valence-electron chi connectivity index (χ2n) is 4.82. The third-order valence-corrected chi connectivity index (χ3v) is 3.28. The van der Waals surface area contributed by atoms with Crippen LogP contribution in [0.15, 0.2) is 0 Å². The average Bonchev–Trinajstić information content (AvgIpc) is 2.36. The van der Waals surface area contributed by atoms with Crippen molar-refractivity contribution in [3.63, 3.8) is 0 Å². The molecule has 0 bridgehead atoms. The molecule has 1 saturated heterocycles. The van der Waals surface area contributed by atoms with Crippen LogP contribution in [0.2, 0.25) is 0 Å². The minimum absolute atomic E-state index is 0.157. The number of nitrogens with one attached hydrogen (secondary N) is 2. The van der Waals surface area contributed by atoms with Gasteiger partial charge in [0.05, 0.1) is 6.54 Å². The number of carbonyl (C=O) groups is 1. The lowest BCUT2D eigenvalue weighted by Gasteiger charge is -2.29. The van der Waals surface area contributed by atoms with Crippen molar-refractivity contribution in [2.45, 2.75) is 45.6 Å². The topological polar surface area (TPSA) is 44.4 Å². The Morgan fingerprint density at radius 2 is 2.24 bits per heavy atom. The molecule has 0 aliphatic carbocycles. The number of piperidine rings is 1. The standard InChI is InChI=1S/C13H27N3O/c1-3-8-15-13(17)11-16(4-2)10-12-7-5-6-9-14-12/h12,14H,3-11H2,1-2H3,(H,15,17). The SMILES string of the molecule is CCCNC(=O)CN(CC)CC1CCCCN1. The summed E-state index contributed by atoms with van der Waals surface area (Å²) in [5, 5.41) is 6.46. The zero-order valence-corrected chi connectivity index (χ0v) is 11.3. The van der Waals surface area contributed by atoms with Gasteiger partial charge in [-0.15, -0.1) is 0 Å². The quantitative estimate of drug-likeness (QED) is 0.698. The van der Waals surface area contributed by atoms with E-state index in [1.165, 1.54) is 19.3 Å². The van der Waals surface area contributed by atoms with Crippen molar-refractivity contribution in [1.29, 1.82) is 0 Å². The van der Waals surface area contributed by atoms with Crippen LogP contribution in [0.4, 0.5) is 0 Å². The van der Waals surface area contributed by atoms with Crippen molar-refractivity contribution in [1.82, 2.24) is 15.5 Å². The highest BCUT2D eigenvalue weighted by molar-refractivity contribution is 5.77. The van der Waals surface area contributed by atoms with E-state index in [2.05, 4.69) is 29.4 Å². The van der Waals surface area contributed by atoms with Gasteiger partial charge in [0.15, 0.2) is 0 Å². The first-order valence-corrected chi connectivity index (χ1v) is 6.98. The summed E-state index contributed by atoms with van der Waals surface area (Å²) in [4.78, 5) is 13.9. The molecule has 1 unspecified atom stereocenters. The monoisotopic (exact) mass is 241 g/mol. The molecule has 1 fully saturated rings. The smallest absolute Gasteiger partial charge is 0.234 e. The molecule has 0 saturated carbocycles. The van der Waals surface area contributed by atoms with E-state index in [0.29, 0.717) is 12.6 Å². The van der Waals surface area contributed by atoms with Crippen molar-refractivity contribution < 1.29 is 4.79 Å². The zero-order chi connectivity index (χ0) is 12.5. The first kappa shape index (κ1) is 14.5. The summed E-state index contributed by atoms with van der Waals surface area (Å²) in [6, 6.07) is 0.572. The second kappa shape index (κ2) is 8.48. The molecule has 0 aromatic carbocycles. The Morgan fingerprint density at radius 1 is 1.41 bits per heavy atom. The van der Waals surface area contributed by atoms with E-state index in [9.17, 15) is 4.79 Å². The minimum Gasteiger partial charge on any atom is -0.355 e. The van der Waals surface area contributed by atoms with Crippen molar-refractivity contribution in [2.75, 3.05) is 32.7 Å². The third-order valence-electron chi connectivity index (χ3n) is 3.28. The van der Waals surface area contributed by atoms with Gasteiger partial charge < -0.3 is 10.6 Å². The Hall–Kier alpha value is -0.610. The van der Waals surface area contributed by atoms with Crippen molar-refractivity contribution in [3.05, 3.63) is 0 Å². The molecule has 1 aliphatic rings. The van der Waals surface area contributed by atoms with E-state index in [1.807, 2.05) is 0 Å². The highest BCUT2D eigenvalue weighted by atomic mass is 16.2. The lowest BCUT2D eigenvalue weighted by molar-refractivity contribution is -0.122. The molecule has 4 heteroatoms. The van der Waals surface area contributed by atoms with Gasteiger partial charge in [-0.25, -0.2) is 0 Å². The van der Waals surface area contributed by atoms with Gasteiger partial charge in [-0.05, 0) is 32.4 Å². The molecule has 0 radical (unpaired) electrons. The molecular formula is C13H27N3O. The van der Waals surface area contributed by atoms with Crippen molar-refractivity contribution in [3.8, 4) is 0 Å². The summed E-state index contributed by atoms with van der Waals surface area (Å²) in [5.41, 5.74) is 0. The van der Waals surface area contributed by atoms with Gasteiger partial charge in [0, 0.05) is 19.1 Å². The summed E-state index contributed by atoms with van der Waals surface area (Å²) in [6.45, 7) is 8.59. The van der Waals surface area contributed by atoms with E-state index >= 15 is 0 Å². The fraction of sp³-hybridized carbons (Fsp3) is 0.923. The van der Waals surface area contributed by atoms with Crippen molar-refractivity contribution in [2.24, 2.45) is 0 Å². The first-order chi connectivity index (χ1) is 8.26. The molecule has 1 rings (SSSR count). The predicted molar refractivity (Wildman–Crippen MR) is 71.1 cm³/mol. The minimum atomic E-state index is 0.157. The van der Waals surface area contributed by atoms with Crippen LogP contribution in [-0.2, 0) is 4.79 Å². The maximum atomic E-state index is 11.6. The number of likely N-dealkylation sites (N-methyl/N-ethyl adjacent to an activating group) is 1. The van der Waals surface area contributed by atoms with Gasteiger partial charge in [-0.3, -0.25) is 9.69 Å². The summed E-state index contributed by atoms with van der Waals surface area (Å²) < 4.78 is 0. The Morgan fingerprint density at radius 3 is 2.82 bits per heavy atom. The normalized spacial score (nSPS) is 20.5. The molecule has 1 heterocycles. The van der Waals surface area contributed by atoms with Crippen LogP contribution < -0.4 is 10.6 Å². The zero-order valence-electron chi connectivity index (χ0n) is 11.3. The lowest BCUT2D eigenvalue weighted by atomic mass is 10.0. The molecule has 0 aromatic rings. The van der Waals surface area contributed by atoms with E-state index < -0.39 is 0 Å². The Labute approximate surface area is 105 Å². The van der Waals surface area contributed by atoms with Crippen LogP contribution >= 0.6 is 0 Å². The van der Waals surface area contributed by atoms with Crippen LogP contribution in [0.1, 0.15) is 39.5 Å². The summed E-state index contributed by atoms with van der Waals surface area (Å²) in [6.07, 6.45) is 4.85. The molecule has 1 amide bonds. The summed E-state index contributed by atoms with van der Waals surface area (Å²) in [5.74, 6) is 0.157. The fourth-order valence-electron chi connectivity index (χ4n) is 2.22. The van der Waals surface area contributed by atoms with Crippen LogP contribution in [0.25, 0.3) is 0 Å². The van der Waals surface area contributed by atoms with Crippen LogP contribution in [0, 0.1) is 0 Å². The van der Waals surface area contributed by atoms with Gasteiger partial charge in [0.1, 0.15) is 0 Å². The average molecular weight is 241 g/mol. The second-order valence-corrected chi connectivity index (χ2v) is 4.82. The van der Waals surface area contributed by atoms with E-state index in [4.69, 9.17) is 0 Å². The Bertz CT molecular complexity index is 215. The number of hydrogen-bond donors (Lipinski definition) is 2. The molecule has 1 aliphatic heterocycles. The molecule has 0 aromatic heterocycles. The third kappa shape index (κ3) is 6.03. The number of rotatable bonds is 7. The summed E-state index contributed by atoms with van der Waals surface area (Å²) >= 11 is 0. The van der Waals surface area contributed by atoms with E-state index in [1.54, 1.807) is 0 Å². The fourth-order valence-corrected chi connectivity index (χ4v) is 2.22. The molecule has 100 valence electrons. The lowest BCUT2D eigenvalue weighted by Crippen LogP contribution is -2.46. The van der Waals surface area contributed by atoms with Crippen LogP contribution in [0.3, 0.4) is 0 Å². The van der Waals surface area contributed by atoms with E-state index in [0.717, 1.165) is 32.6 Å². The molecule has 17 heavy (non-hydrogen) atoms. The summed E-state index contributed by atoms with van der Waals surface area (Å²) in [7, 11) is 0. The van der Waals surface area contributed by atoms with Gasteiger partial charge in [-0.2, -0.15) is 0 Å². The Balaban J connectivity index is 2.24. The van der Waals surface area contributed by atoms with Crippen molar-refractivity contribution >= 4 is 5.91 Å². The van der Waals surface area contributed by atoms with Crippen LogP contribution in [0.5, 0.6) is 0 Å². The molecule has 4 nitrogen and oxygen atoms in total. The van der Waals surface area contributed by atoms with Gasteiger partial charge in [0.25, 0.3) is 0 Å². The molecular weight excluding hydrogens is 214 g/mol. The van der Waals surface area contributed by atoms with Gasteiger partial charge in [0.2, 0.25) is 5.91 Å². The number of carbonyl (C=O) groups excluding carboxylic acids is 1.